The van der Waals surface area contributed by atoms with Gasteiger partial charge >= 0.3 is 6.18 Å². The number of aliphatic hydroxyl groups excluding tert-OH is 1. The molecule has 0 aliphatic heterocycles. The van der Waals surface area contributed by atoms with Crippen LogP contribution in [-0.2, 0) is 0 Å². The minimum Gasteiger partial charge on any atom is -0.483 e. The Hall–Kier alpha value is -2.39. The number of fused-ring (bicyclic) bond motifs is 1. The maximum absolute atomic E-state index is 12.7. The highest BCUT2D eigenvalue weighted by molar-refractivity contribution is 7.99. The first-order chi connectivity index (χ1) is 16.7. The number of imidazole rings is 1. The number of para-hydroxylation sites is 1. The Morgan fingerprint density at radius 2 is 1.83 bits per heavy atom. The largest absolute Gasteiger partial charge is 0.483 e. The fourth-order valence-electron chi connectivity index (χ4n) is 3.78. The number of ether oxygens (including phenoxy) is 1. The van der Waals surface area contributed by atoms with Gasteiger partial charge in [-0.1, -0.05) is 60.5 Å². The second-order valence-electron chi connectivity index (χ2n) is 7.70. The summed E-state index contributed by atoms with van der Waals surface area (Å²) >= 11 is 14.9. The monoisotopic (exact) mass is 540 g/mol. The lowest BCUT2D eigenvalue weighted by Gasteiger charge is -2.15. The van der Waals surface area contributed by atoms with Crippen molar-refractivity contribution in [1.82, 2.24) is 9.97 Å². The van der Waals surface area contributed by atoms with Gasteiger partial charge in [0, 0.05) is 16.0 Å². The van der Waals surface area contributed by atoms with E-state index in [-0.39, 0.29) is 22.4 Å². The van der Waals surface area contributed by atoms with Crippen LogP contribution in [0.5, 0.6) is 5.75 Å². The van der Waals surface area contributed by atoms with Crippen molar-refractivity contribution < 1.29 is 23.0 Å². The Morgan fingerprint density at radius 1 is 1.11 bits per heavy atom. The fraction of sp³-hybridized carbons (Fsp3) is 0.240. The number of hydrogen-bond acceptors (Lipinski definition) is 4. The Balaban J connectivity index is 1.75. The van der Waals surface area contributed by atoms with E-state index in [4.69, 9.17) is 27.9 Å². The number of H-pyrrole nitrogens is 1. The highest BCUT2D eigenvalue weighted by Crippen LogP contribution is 2.43. The van der Waals surface area contributed by atoms with E-state index in [0.29, 0.717) is 28.0 Å². The van der Waals surface area contributed by atoms with Gasteiger partial charge in [-0.05, 0) is 35.6 Å². The van der Waals surface area contributed by atoms with Crippen LogP contribution in [0.4, 0.5) is 13.2 Å². The molecule has 3 aromatic carbocycles. The van der Waals surface area contributed by atoms with Crippen LogP contribution in [-0.4, -0.2) is 40.2 Å². The average Bonchev–Trinajstić information content (AvgIpc) is 3.23. The first kappa shape index (κ1) is 25.7. The van der Waals surface area contributed by atoms with E-state index in [1.54, 1.807) is 36.0 Å². The Labute approximate surface area is 214 Å². The van der Waals surface area contributed by atoms with Gasteiger partial charge in [-0.25, -0.2) is 4.98 Å². The van der Waals surface area contributed by atoms with E-state index in [1.807, 2.05) is 24.3 Å². The van der Waals surface area contributed by atoms with Crippen LogP contribution >= 0.6 is 35.0 Å². The van der Waals surface area contributed by atoms with Crippen molar-refractivity contribution in [2.24, 2.45) is 0 Å². The molecule has 1 atom stereocenters. The normalized spacial score (nSPS) is 12.8. The molecule has 0 bridgehead atoms. The highest BCUT2D eigenvalue weighted by atomic mass is 35.5. The van der Waals surface area contributed by atoms with Crippen molar-refractivity contribution in [3.63, 3.8) is 0 Å². The molecular weight excluding hydrogens is 520 g/mol. The van der Waals surface area contributed by atoms with Crippen LogP contribution in [0.3, 0.4) is 0 Å². The van der Waals surface area contributed by atoms with Gasteiger partial charge in [0.25, 0.3) is 0 Å². The molecule has 0 radical (unpaired) electrons. The molecule has 10 heteroatoms. The SMILES string of the molecule is CCSc1ccc(C(CO)c2nc3c(Cl)c(-c4ccccc4OCC(F)(F)F)c(Cl)cc3[nH]2)cc1. The van der Waals surface area contributed by atoms with Crippen LogP contribution < -0.4 is 4.74 Å². The zero-order valence-electron chi connectivity index (χ0n) is 18.5. The molecule has 0 spiro atoms. The van der Waals surface area contributed by atoms with Crippen LogP contribution in [0.25, 0.3) is 22.2 Å². The lowest BCUT2D eigenvalue weighted by atomic mass is 9.99. The van der Waals surface area contributed by atoms with E-state index < -0.39 is 18.7 Å². The number of alkyl halides is 3. The number of halogens is 5. The molecule has 0 aliphatic carbocycles. The predicted molar refractivity (Wildman–Crippen MR) is 135 cm³/mol. The minimum atomic E-state index is -4.49. The fourth-order valence-corrected chi connectivity index (χ4v) is 5.15. The molecule has 0 saturated heterocycles. The van der Waals surface area contributed by atoms with Gasteiger partial charge in [-0.3, -0.25) is 0 Å². The number of benzene rings is 3. The molecule has 1 aromatic heterocycles. The topological polar surface area (TPSA) is 58.1 Å². The maximum atomic E-state index is 12.7. The van der Waals surface area contributed by atoms with Crippen molar-refractivity contribution in [3.8, 4) is 16.9 Å². The molecule has 0 amide bonds. The van der Waals surface area contributed by atoms with Gasteiger partial charge in [0.05, 0.1) is 28.1 Å². The summed E-state index contributed by atoms with van der Waals surface area (Å²) in [6.07, 6.45) is -4.49. The van der Waals surface area contributed by atoms with Crippen LogP contribution in [0.1, 0.15) is 24.2 Å². The number of aliphatic hydroxyl groups is 1. The van der Waals surface area contributed by atoms with Gasteiger partial charge in [0.2, 0.25) is 0 Å². The smallest absolute Gasteiger partial charge is 0.422 e. The van der Waals surface area contributed by atoms with E-state index >= 15 is 0 Å². The number of aromatic nitrogens is 2. The van der Waals surface area contributed by atoms with E-state index in [0.717, 1.165) is 16.2 Å². The minimum absolute atomic E-state index is 0.00186. The van der Waals surface area contributed by atoms with Gasteiger partial charge in [0.1, 0.15) is 17.1 Å². The van der Waals surface area contributed by atoms with Gasteiger partial charge < -0.3 is 14.8 Å². The van der Waals surface area contributed by atoms with Crippen LogP contribution in [0, 0.1) is 0 Å². The maximum Gasteiger partial charge on any atom is 0.422 e. The summed E-state index contributed by atoms with van der Waals surface area (Å²) in [4.78, 5) is 8.94. The zero-order chi connectivity index (χ0) is 25.2. The molecule has 0 aliphatic rings. The number of nitrogens with zero attached hydrogens (tertiary/aromatic N) is 1. The molecular formula is C25H21Cl2F3N2O2S. The van der Waals surface area contributed by atoms with Crippen molar-refractivity contribution in [2.45, 2.75) is 23.9 Å². The summed E-state index contributed by atoms with van der Waals surface area (Å²) < 4.78 is 43.2. The average molecular weight is 541 g/mol. The molecule has 184 valence electrons. The highest BCUT2D eigenvalue weighted by Gasteiger charge is 2.29. The van der Waals surface area contributed by atoms with Crippen molar-refractivity contribution in [3.05, 3.63) is 76.0 Å². The molecule has 4 aromatic rings. The lowest BCUT2D eigenvalue weighted by molar-refractivity contribution is -0.153. The quantitative estimate of drug-likeness (QED) is 0.224. The third-order valence-corrected chi connectivity index (χ3v) is 6.90. The number of thioether (sulfide) groups is 1. The standard InChI is InChI=1S/C25H21Cl2F3N2O2S/c1-2-35-15-9-7-14(8-10-15)17(12-33)24-31-19-11-18(26)21(22(27)23(19)32-24)16-5-3-4-6-20(16)34-13-25(28,29)30/h3-11,17,33H,2,12-13H2,1H3,(H,31,32). The van der Waals surface area contributed by atoms with E-state index in [2.05, 4.69) is 16.9 Å². The van der Waals surface area contributed by atoms with Gasteiger partial charge in [-0.15, -0.1) is 11.8 Å². The van der Waals surface area contributed by atoms with E-state index in [1.165, 1.54) is 6.07 Å². The number of hydrogen-bond donors (Lipinski definition) is 2. The molecule has 4 nitrogen and oxygen atoms in total. The van der Waals surface area contributed by atoms with E-state index in [9.17, 15) is 18.3 Å². The lowest BCUT2D eigenvalue weighted by Crippen LogP contribution is -2.19. The van der Waals surface area contributed by atoms with Gasteiger partial charge in [0.15, 0.2) is 6.61 Å². The molecule has 35 heavy (non-hydrogen) atoms. The summed E-state index contributed by atoms with van der Waals surface area (Å²) in [5, 5.41) is 10.5. The van der Waals surface area contributed by atoms with Crippen molar-refractivity contribution >= 4 is 46.0 Å². The molecule has 4 rings (SSSR count). The third-order valence-electron chi connectivity index (χ3n) is 5.34. The summed E-state index contributed by atoms with van der Waals surface area (Å²) in [7, 11) is 0. The summed E-state index contributed by atoms with van der Waals surface area (Å²) in [5.74, 6) is 1.03. The van der Waals surface area contributed by atoms with Gasteiger partial charge in [-0.2, -0.15) is 13.2 Å². The van der Waals surface area contributed by atoms with Crippen LogP contribution in [0.2, 0.25) is 10.0 Å². The molecule has 2 N–H and O–H groups in total. The number of nitrogens with one attached hydrogen (secondary N) is 1. The second-order valence-corrected chi connectivity index (χ2v) is 9.83. The number of rotatable bonds is 8. The Bertz CT molecular complexity index is 1330. The summed E-state index contributed by atoms with van der Waals surface area (Å²) in [5.41, 5.74) is 2.45. The molecule has 0 saturated carbocycles. The second kappa shape index (κ2) is 10.7. The number of aromatic amines is 1. The first-order valence-corrected chi connectivity index (χ1v) is 12.5. The molecule has 1 heterocycles. The summed E-state index contributed by atoms with van der Waals surface area (Å²) in [6, 6.07) is 15.7. The first-order valence-electron chi connectivity index (χ1n) is 10.7. The zero-order valence-corrected chi connectivity index (χ0v) is 20.8. The molecule has 1 unspecified atom stereocenters. The molecule has 0 fully saturated rings. The third kappa shape index (κ3) is 5.72. The van der Waals surface area contributed by atoms with Crippen molar-refractivity contribution in [1.29, 1.82) is 0 Å². The summed E-state index contributed by atoms with van der Waals surface area (Å²) in [6.45, 7) is 0.446. The Morgan fingerprint density at radius 3 is 2.49 bits per heavy atom. The van der Waals surface area contributed by atoms with Crippen LogP contribution in [0.15, 0.2) is 59.5 Å². The Kier molecular flexibility index (Phi) is 7.86. The van der Waals surface area contributed by atoms with Crippen molar-refractivity contribution in [2.75, 3.05) is 19.0 Å². The predicted octanol–water partition coefficient (Wildman–Crippen LogP) is 7.71.